The molecule has 1 fully saturated rings. The molecule has 0 spiro atoms. The molecule has 6 nitrogen and oxygen atoms in total. The Labute approximate surface area is 157 Å². The van der Waals surface area contributed by atoms with E-state index in [4.69, 9.17) is 4.74 Å². The Kier molecular flexibility index (Phi) is 4.58. The number of fused-ring (bicyclic) bond motifs is 1. The molecule has 2 aromatic heterocycles. The van der Waals surface area contributed by atoms with Crippen molar-refractivity contribution in [3.63, 3.8) is 0 Å². The van der Waals surface area contributed by atoms with Gasteiger partial charge < -0.3 is 14.7 Å². The van der Waals surface area contributed by atoms with E-state index in [1.54, 1.807) is 7.11 Å². The highest BCUT2D eigenvalue weighted by Crippen LogP contribution is 2.36. The summed E-state index contributed by atoms with van der Waals surface area (Å²) in [5, 5.41) is 15.0. The first-order chi connectivity index (χ1) is 12.6. The lowest BCUT2D eigenvalue weighted by molar-refractivity contribution is -0.936. The van der Waals surface area contributed by atoms with Crippen molar-refractivity contribution >= 4 is 16.3 Å². The highest BCUT2D eigenvalue weighted by molar-refractivity contribution is 7.17. The van der Waals surface area contributed by atoms with Crippen LogP contribution in [0.15, 0.2) is 30.6 Å². The van der Waals surface area contributed by atoms with E-state index in [-0.39, 0.29) is 11.9 Å². The molecule has 2 N–H and O–H groups in total. The summed E-state index contributed by atoms with van der Waals surface area (Å²) in [7, 11) is 1.69. The van der Waals surface area contributed by atoms with Crippen molar-refractivity contribution in [2.45, 2.75) is 26.3 Å². The smallest absolute Gasteiger partial charge is 0.235 e. The summed E-state index contributed by atoms with van der Waals surface area (Å²) in [6.07, 6.45) is 2.74. The molecule has 1 unspecified atom stereocenters. The predicted molar refractivity (Wildman–Crippen MR) is 101 cm³/mol. The van der Waals surface area contributed by atoms with Gasteiger partial charge in [-0.2, -0.15) is 9.61 Å². The number of nitrogens with zero attached hydrogens (tertiary/aromatic N) is 3. The second kappa shape index (κ2) is 6.89. The molecule has 1 saturated heterocycles. The van der Waals surface area contributed by atoms with Crippen molar-refractivity contribution in [3.8, 4) is 11.6 Å². The molecule has 3 heterocycles. The summed E-state index contributed by atoms with van der Waals surface area (Å²) in [5.41, 5.74) is 1.15. The first kappa shape index (κ1) is 17.3. The number of hydrogen-bond donors (Lipinski definition) is 2. The monoisotopic (exact) mass is 373 g/mol. The topological polar surface area (TPSA) is 64.1 Å². The summed E-state index contributed by atoms with van der Waals surface area (Å²) in [6, 6.07) is 8.23. The lowest BCUT2D eigenvalue weighted by Gasteiger charge is -2.37. The Balaban J connectivity index is 1.83. The molecule has 0 aliphatic carbocycles. The fourth-order valence-corrected chi connectivity index (χ4v) is 5.46. The van der Waals surface area contributed by atoms with Crippen molar-refractivity contribution in [3.05, 3.63) is 41.0 Å². The number of likely N-dealkylation sites (tertiary alicyclic amines) is 1. The number of quaternary nitrogens is 1. The van der Waals surface area contributed by atoms with E-state index in [0.717, 1.165) is 34.2 Å². The van der Waals surface area contributed by atoms with Crippen LogP contribution in [0.2, 0.25) is 0 Å². The van der Waals surface area contributed by atoms with E-state index < -0.39 is 0 Å². The molecule has 4 rings (SSSR count). The molecular weight excluding hydrogens is 348 g/mol. The lowest BCUT2D eigenvalue weighted by Crippen LogP contribution is -3.14. The first-order valence-electron chi connectivity index (χ1n) is 9.06. The molecule has 1 aliphatic rings. The van der Waals surface area contributed by atoms with Crippen LogP contribution in [-0.4, -0.2) is 39.9 Å². The SMILES string of the molecule is COc1cccc([C@@H](c2sc3ncnn3c2O)[NH+]2C[C@H](C)C[C@H](C)C2)c1. The molecule has 0 radical (unpaired) electrons. The number of benzene rings is 1. The van der Waals surface area contributed by atoms with Crippen LogP contribution in [-0.2, 0) is 0 Å². The Hall–Kier alpha value is -2.12. The summed E-state index contributed by atoms with van der Waals surface area (Å²) in [5.74, 6) is 2.36. The van der Waals surface area contributed by atoms with E-state index >= 15 is 0 Å². The highest BCUT2D eigenvalue weighted by atomic mass is 32.1. The second-order valence-corrected chi connectivity index (χ2v) is 8.48. The van der Waals surface area contributed by atoms with Gasteiger partial charge in [-0.25, -0.2) is 4.98 Å². The Morgan fingerprint density at radius 3 is 2.77 bits per heavy atom. The Bertz CT molecular complexity index is 896. The molecular formula is C19H25N4O2S+. The standard InChI is InChI=1S/C19H24N4O2S/c1-12-7-13(2)10-22(9-12)16(14-5-4-6-15(8-14)25-3)17-18(24)23-19(26-17)20-11-21-23/h4-6,8,11-13,16,24H,7,9-10H2,1-3H3/p+1/t12-,13+,16-/m0/s1. The fourth-order valence-electron chi connectivity index (χ4n) is 4.34. The van der Waals surface area contributed by atoms with Gasteiger partial charge in [-0.15, -0.1) is 0 Å². The second-order valence-electron chi connectivity index (χ2n) is 7.47. The Morgan fingerprint density at radius 1 is 1.31 bits per heavy atom. The zero-order valence-corrected chi connectivity index (χ0v) is 16.2. The van der Waals surface area contributed by atoms with Crippen LogP contribution in [0.4, 0.5) is 0 Å². The minimum absolute atomic E-state index is 0.0452. The third-order valence-electron chi connectivity index (χ3n) is 5.26. The maximum Gasteiger partial charge on any atom is 0.235 e. The number of methoxy groups -OCH3 is 1. The molecule has 138 valence electrons. The summed E-state index contributed by atoms with van der Waals surface area (Å²) in [6.45, 7) is 6.81. The number of rotatable bonds is 4. The van der Waals surface area contributed by atoms with Crippen LogP contribution in [0.3, 0.4) is 0 Å². The van der Waals surface area contributed by atoms with E-state index in [2.05, 4.69) is 36.1 Å². The normalized spacial score (nSPS) is 24.7. The molecule has 0 amide bonds. The highest BCUT2D eigenvalue weighted by Gasteiger charge is 2.37. The zero-order valence-electron chi connectivity index (χ0n) is 15.3. The predicted octanol–water partition coefficient (Wildman–Crippen LogP) is 2.16. The number of aromatic hydroxyl groups is 1. The van der Waals surface area contributed by atoms with Crippen LogP contribution in [0.1, 0.15) is 36.8 Å². The third-order valence-corrected chi connectivity index (χ3v) is 6.36. The quantitative estimate of drug-likeness (QED) is 0.736. The molecule has 3 aromatic rings. The number of ether oxygens (including phenoxy) is 1. The largest absolute Gasteiger partial charge is 0.497 e. The third kappa shape index (κ3) is 3.05. The molecule has 1 aromatic carbocycles. The van der Waals surface area contributed by atoms with Gasteiger partial charge in [0.05, 0.1) is 20.2 Å². The van der Waals surface area contributed by atoms with Crippen molar-refractivity contribution in [2.24, 2.45) is 11.8 Å². The average molecular weight is 374 g/mol. The van der Waals surface area contributed by atoms with Gasteiger partial charge in [0.25, 0.3) is 0 Å². The van der Waals surface area contributed by atoms with Crippen LogP contribution in [0.25, 0.3) is 4.96 Å². The van der Waals surface area contributed by atoms with Crippen LogP contribution >= 0.6 is 11.3 Å². The van der Waals surface area contributed by atoms with E-state index in [9.17, 15) is 5.11 Å². The van der Waals surface area contributed by atoms with Gasteiger partial charge in [0, 0.05) is 17.4 Å². The minimum atomic E-state index is 0.0452. The Morgan fingerprint density at radius 2 is 2.08 bits per heavy atom. The maximum absolute atomic E-state index is 10.8. The van der Waals surface area contributed by atoms with Gasteiger partial charge in [0.2, 0.25) is 10.8 Å². The van der Waals surface area contributed by atoms with Gasteiger partial charge in [0.1, 0.15) is 17.0 Å². The summed E-state index contributed by atoms with van der Waals surface area (Å²) in [4.78, 5) is 7.38. The van der Waals surface area contributed by atoms with Gasteiger partial charge >= 0.3 is 0 Å². The number of aromatic nitrogens is 3. The lowest BCUT2D eigenvalue weighted by atomic mass is 9.89. The van der Waals surface area contributed by atoms with Gasteiger partial charge in [-0.1, -0.05) is 37.3 Å². The number of hydrogen-bond acceptors (Lipinski definition) is 5. The maximum atomic E-state index is 10.8. The minimum Gasteiger partial charge on any atom is -0.497 e. The summed E-state index contributed by atoms with van der Waals surface area (Å²) >= 11 is 1.52. The van der Waals surface area contributed by atoms with Crippen molar-refractivity contribution in [2.75, 3.05) is 20.2 Å². The first-order valence-corrected chi connectivity index (χ1v) is 9.88. The molecule has 0 bridgehead atoms. The number of nitrogens with one attached hydrogen (secondary N) is 1. The summed E-state index contributed by atoms with van der Waals surface area (Å²) < 4.78 is 6.98. The zero-order chi connectivity index (χ0) is 18.3. The molecule has 1 aliphatic heterocycles. The molecule has 4 atom stereocenters. The van der Waals surface area contributed by atoms with Crippen molar-refractivity contribution < 1.29 is 14.7 Å². The number of thiazole rings is 1. The number of piperidine rings is 1. The van der Waals surface area contributed by atoms with Gasteiger partial charge in [-0.05, 0) is 18.6 Å². The van der Waals surface area contributed by atoms with Gasteiger partial charge in [0.15, 0.2) is 6.04 Å². The van der Waals surface area contributed by atoms with Crippen LogP contribution in [0, 0.1) is 11.8 Å². The van der Waals surface area contributed by atoms with E-state index in [1.165, 1.54) is 33.5 Å². The van der Waals surface area contributed by atoms with Crippen molar-refractivity contribution in [1.29, 1.82) is 0 Å². The van der Waals surface area contributed by atoms with Gasteiger partial charge in [-0.3, -0.25) is 0 Å². The molecule has 0 saturated carbocycles. The fraction of sp³-hybridized carbons (Fsp3) is 0.474. The van der Waals surface area contributed by atoms with Crippen LogP contribution < -0.4 is 9.64 Å². The molecule has 7 heteroatoms. The van der Waals surface area contributed by atoms with E-state index in [1.807, 2.05) is 12.1 Å². The van der Waals surface area contributed by atoms with Crippen molar-refractivity contribution in [1.82, 2.24) is 14.6 Å². The molecule has 26 heavy (non-hydrogen) atoms. The average Bonchev–Trinajstić information content (AvgIpc) is 3.19. The van der Waals surface area contributed by atoms with Crippen LogP contribution in [0.5, 0.6) is 11.6 Å². The van der Waals surface area contributed by atoms with E-state index in [0.29, 0.717) is 11.8 Å².